The van der Waals surface area contributed by atoms with Crippen molar-refractivity contribution in [2.24, 2.45) is 0 Å². The fraction of sp³-hybridized carbons (Fsp3) is 0.0952. The van der Waals surface area contributed by atoms with Gasteiger partial charge in [-0.2, -0.15) is 0 Å². The Morgan fingerprint density at radius 1 is 0.893 bits per heavy atom. The van der Waals surface area contributed by atoms with Gasteiger partial charge >= 0.3 is 0 Å². The topological polar surface area (TPSA) is 75.3 Å². The summed E-state index contributed by atoms with van der Waals surface area (Å²) >= 11 is 1.75. The van der Waals surface area contributed by atoms with Gasteiger partial charge in [0.25, 0.3) is 5.91 Å². The minimum Gasteiger partial charge on any atom is -0.322 e. The third-order valence-corrected chi connectivity index (χ3v) is 5.48. The lowest BCUT2D eigenvalue weighted by Crippen LogP contribution is -2.13. The van der Waals surface area contributed by atoms with Crippen molar-refractivity contribution in [1.82, 2.24) is 0 Å². The predicted octanol–water partition coefficient (Wildman–Crippen LogP) is 4.60. The number of rotatable bonds is 7. The lowest BCUT2D eigenvalue weighted by Gasteiger charge is -2.09. The lowest BCUT2D eigenvalue weighted by atomic mass is 10.1. The summed E-state index contributed by atoms with van der Waals surface area (Å²) in [4.78, 5) is 13.6. The number of benzene rings is 3. The molecule has 3 aromatic rings. The van der Waals surface area contributed by atoms with Gasteiger partial charge in [0.1, 0.15) is 0 Å². The van der Waals surface area contributed by atoms with Crippen molar-refractivity contribution >= 4 is 39.1 Å². The second-order valence-electron chi connectivity index (χ2n) is 6.21. The van der Waals surface area contributed by atoms with Crippen LogP contribution in [0.4, 0.5) is 11.4 Å². The molecule has 0 unspecified atom stereocenters. The molecule has 28 heavy (non-hydrogen) atoms. The summed E-state index contributed by atoms with van der Waals surface area (Å²) in [5.41, 5.74) is 2.56. The highest BCUT2D eigenvalue weighted by atomic mass is 32.2. The van der Waals surface area contributed by atoms with Crippen LogP contribution in [0.5, 0.6) is 0 Å². The van der Waals surface area contributed by atoms with Crippen molar-refractivity contribution in [3.63, 3.8) is 0 Å². The molecule has 7 heteroatoms. The number of carbonyl (C=O) groups excluding carboxylic acids is 1. The van der Waals surface area contributed by atoms with Crippen LogP contribution < -0.4 is 10.0 Å². The van der Waals surface area contributed by atoms with Crippen LogP contribution in [0.1, 0.15) is 15.9 Å². The van der Waals surface area contributed by atoms with Gasteiger partial charge in [0.2, 0.25) is 10.0 Å². The SMILES string of the molecule is CS(=O)(=O)Nc1cccc(C(=O)Nc2ccc(CSc3ccccc3)cc2)c1. The van der Waals surface area contributed by atoms with Crippen molar-refractivity contribution < 1.29 is 13.2 Å². The smallest absolute Gasteiger partial charge is 0.255 e. The Morgan fingerprint density at radius 3 is 2.29 bits per heavy atom. The molecule has 0 bridgehead atoms. The minimum atomic E-state index is -3.39. The standard InChI is InChI=1S/C21H20N2O3S2/c1-28(25,26)23-19-7-5-6-17(14-19)21(24)22-18-12-10-16(11-13-18)15-27-20-8-3-2-4-9-20/h2-14,23H,15H2,1H3,(H,22,24). The van der Waals surface area contributed by atoms with E-state index < -0.39 is 10.0 Å². The van der Waals surface area contributed by atoms with E-state index in [1.54, 1.807) is 30.0 Å². The third-order valence-electron chi connectivity index (χ3n) is 3.79. The van der Waals surface area contributed by atoms with Gasteiger partial charge < -0.3 is 5.32 Å². The Bertz CT molecular complexity index is 1050. The van der Waals surface area contributed by atoms with E-state index in [-0.39, 0.29) is 5.91 Å². The van der Waals surface area contributed by atoms with Crippen LogP contribution in [-0.4, -0.2) is 20.6 Å². The summed E-state index contributed by atoms with van der Waals surface area (Å²) in [7, 11) is -3.39. The zero-order chi connectivity index (χ0) is 20.0. The summed E-state index contributed by atoms with van der Waals surface area (Å²) in [6, 6.07) is 24.2. The lowest BCUT2D eigenvalue weighted by molar-refractivity contribution is 0.102. The number of hydrogen-bond acceptors (Lipinski definition) is 4. The zero-order valence-corrected chi connectivity index (χ0v) is 16.9. The van der Waals surface area contributed by atoms with Gasteiger partial charge in [-0.1, -0.05) is 36.4 Å². The van der Waals surface area contributed by atoms with Gasteiger partial charge in [-0.05, 0) is 48.0 Å². The molecule has 5 nitrogen and oxygen atoms in total. The molecule has 0 spiro atoms. The first-order chi connectivity index (χ1) is 13.4. The molecule has 0 aromatic heterocycles. The van der Waals surface area contributed by atoms with Gasteiger partial charge in [-0.25, -0.2) is 8.42 Å². The molecule has 0 heterocycles. The van der Waals surface area contributed by atoms with E-state index in [0.29, 0.717) is 16.9 Å². The first kappa shape index (κ1) is 20.0. The Kier molecular flexibility index (Phi) is 6.38. The average molecular weight is 413 g/mol. The number of carbonyl (C=O) groups is 1. The Hall–Kier alpha value is -2.77. The maximum atomic E-state index is 12.4. The zero-order valence-electron chi connectivity index (χ0n) is 15.3. The van der Waals surface area contributed by atoms with Crippen LogP contribution in [0.25, 0.3) is 0 Å². The van der Waals surface area contributed by atoms with E-state index >= 15 is 0 Å². The van der Waals surface area contributed by atoms with Crippen molar-refractivity contribution in [1.29, 1.82) is 0 Å². The van der Waals surface area contributed by atoms with Gasteiger partial charge in [0, 0.05) is 27.6 Å². The van der Waals surface area contributed by atoms with Crippen molar-refractivity contribution in [3.05, 3.63) is 90.0 Å². The van der Waals surface area contributed by atoms with Crippen LogP contribution in [0.2, 0.25) is 0 Å². The summed E-state index contributed by atoms with van der Waals surface area (Å²) in [5.74, 6) is 0.542. The maximum absolute atomic E-state index is 12.4. The molecule has 1 amide bonds. The van der Waals surface area contributed by atoms with Crippen molar-refractivity contribution in [2.75, 3.05) is 16.3 Å². The molecule has 3 rings (SSSR count). The molecule has 2 N–H and O–H groups in total. The van der Waals surface area contributed by atoms with E-state index in [2.05, 4.69) is 22.2 Å². The molecular weight excluding hydrogens is 392 g/mol. The summed E-state index contributed by atoms with van der Waals surface area (Å²) in [6.45, 7) is 0. The second kappa shape index (κ2) is 8.95. The molecule has 0 aliphatic heterocycles. The van der Waals surface area contributed by atoms with E-state index in [9.17, 15) is 13.2 Å². The van der Waals surface area contributed by atoms with Gasteiger partial charge in [-0.3, -0.25) is 9.52 Å². The van der Waals surface area contributed by atoms with E-state index in [1.807, 2.05) is 42.5 Å². The van der Waals surface area contributed by atoms with E-state index in [1.165, 1.54) is 11.0 Å². The largest absolute Gasteiger partial charge is 0.322 e. The molecule has 0 saturated heterocycles. The summed E-state index contributed by atoms with van der Waals surface area (Å²) in [6.07, 6.45) is 1.07. The highest BCUT2D eigenvalue weighted by Gasteiger charge is 2.09. The van der Waals surface area contributed by atoms with Crippen LogP contribution in [-0.2, 0) is 15.8 Å². The molecule has 0 saturated carbocycles. The minimum absolute atomic E-state index is 0.302. The van der Waals surface area contributed by atoms with Crippen LogP contribution in [0.15, 0.2) is 83.8 Å². The number of amides is 1. The first-order valence-corrected chi connectivity index (χ1v) is 11.4. The van der Waals surface area contributed by atoms with Gasteiger partial charge in [-0.15, -0.1) is 11.8 Å². The molecule has 144 valence electrons. The fourth-order valence-electron chi connectivity index (χ4n) is 2.51. The van der Waals surface area contributed by atoms with E-state index in [0.717, 1.165) is 17.6 Å². The number of thioether (sulfide) groups is 1. The van der Waals surface area contributed by atoms with Gasteiger partial charge in [0.15, 0.2) is 0 Å². The van der Waals surface area contributed by atoms with Crippen LogP contribution in [0.3, 0.4) is 0 Å². The van der Waals surface area contributed by atoms with E-state index in [4.69, 9.17) is 0 Å². The highest BCUT2D eigenvalue weighted by molar-refractivity contribution is 7.98. The number of hydrogen-bond donors (Lipinski definition) is 2. The molecule has 0 fully saturated rings. The highest BCUT2D eigenvalue weighted by Crippen LogP contribution is 2.23. The first-order valence-electron chi connectivity index (χ1n) is 8.55. The molecule has 0 aliphatic carbocycles. The maximum Gasteiger partial charge on any atom is 0.255 e. The van der Waals surface area contributed by atoms with Crippen LogP contribution >= 0.6 is 11.8 Å². The molecule has 0 atom stereocenters. The second-order valence-corrected chi connectivity index (χ2v) is 9.01. The Balaban J connectivity index is 1.60. The molecular formula is C21H20N2O3S2. The monoisotopic (exact) mass is 412 g/mol. The normalized spacial score (nSPS) is 11.0. The third kappa shape index (κ3) is 6.14. The van der Waals surface area contributed by atoms with Crippen LogP contribution in [0, 0.1) is 0 Å². The quantitative estimate of drug-likeness (QED) is 0.556. The van der Waals surface area contributed by atoms with Crippen molar-refractivity contribution in [2.45, 2.75) is 10.6 Å². The molecule has 0 aliphatic rings. The number of anilines is 2. The number of nitrogens with one attached hydrogen (secondary N) is 2. The average Bonchev–Trinajstić information content (AvgIpc) is 2.67. The molecule has 3 aromatic carbocycles. The summed E-state index contributed by atoms with van der Waals surface area (Å²) in [5, 5.41) is 2.83. The fourth-order valence-corrected chi connectivity index (χ4v) is 3.94. The number of sulfonamides is 1. The Morgan fingerprint density at radius 2 is 1.61 bits per heavy atom. The Labute approximate surface area is 169 Å². The molecule has 0 radical (unpaired) electrons. The van der Waals surface area contributed by atoms with Gasteiger partial charge in [0.05, 0.1) is 6.26 Å². The predicted molar refractivity (Wildman–Crippen MR) is 115 cm³/mol. The van der Waals surface area contributed by atoms with Crippen molar-refractivity contribution in [3.8, 4) is 0 Å². The summed E-state index contributed by atoms with van der Waals surface area (Å²) < 4.78 is 25.0.